The number of carbonyl (C=O) groups excluding carboxylic acids is 2. The zero-order valence-electron chi connectivity index (χ0n) is 18.6. The molecule has 8 nitrogen and oxygen atoms in total. The number of carbonyl (C=O) groups is 2. The predicted octanol–water partition coefficient (Wildman–Crippen LogP) is 4.53. The van der Waals surface area contributed by atoms with Crippen molar-refractivity contribution in [3.63, 3.8) is 0 Å². The van der Waals surface area contributed by atoms with E-state index in [1.54, 1.807) is 18.2 Å². The van der Waals surface area contributed by atoms with E-state index in [4.69, 9.17) is 0 Å². The minimum absolute atomic E-state index is 0.0701. The molecule has 33 heavy (non-hydrogen) atoms. The van der Waals surface area contributed by atoms with Gasteiger partial charge in [0.1, 0.15) is 0 Å². The summed E-state index contributed by atoms with van der Waals surface area (Å²) in [6.45, 7) is 7.33. The van der Waals surface area contributed by atoms with Gasteiger partial charge in [-0.15, -0.1) is 0 Å². The van der Waals surface area contributed by atoms with Gasteiger partial charge in [0.25, 0.3) is 16.8 Å². The van der Waals surface area contributed by atoms with Gasteiger partial charge in [-0.1, -0.05) is 38.1 Å². The molecule has 9 heteroatoms. The fourth-order valence-corrected chi connectivity index (χ4v) is 4.71. The molecule has 0 N–H and O–H groups in total. The van der Waals surface area contributed by atoms with Crippen molar-refractivity contribution in [3.8, 4) is 0 Å². The van der Waals surface area contributed by atoms with Gasteiger partial charge in [0.05, 0.1) is 16.5 Å². The molecular weight excluding hydrogens is 440 g/mol. The summed E-state index contributed by atoms with van der Waals surface area (Å²) < 4.78 is 0. The number of nitro groups is 1. The third kappa shape index (κ3) is 5.26. The highest BCUT2D eigenvalue weighted by Crippen LogP contribution is 2.33. The molecule has 0 unspecified atom stereocenters. The molecule has 0 radical (unpaired) electrons. The summed E-state index contributed by atoms with van der Waals surface area (Å²) >= 11 is 0.983. The number of hydrogen-bond donors (Lipinski definition) is 0. The van der Waals surface area contributed by atoms with E-state index in [0.717, 1.165) is 23.0 Å². The summed E-state index contributed by atoms with van der Waals surface area (Å²) in [6.07, 6.45) is 1.78. The zero-order chi connectivity index (χ0) is 23.5. The Morgan fingerprint density at radius 1 is 1.00 bits per heavy atom. The van der Waals surface area contributed by atoms with E-state index in [0.29, 0.717) is 37.0 Å². The van der Waals surface area contributed by atoms with Crippen LogP contribution in [-0.4, -0.2) is 58.7 Å². The summed E-state index contributed by atoms with van der Waals surface area (Å²) in [4.78, 5) is 41.8. The van der Waals surface area contributed by atoms with E-state index in [9.17, 15) is 19.7 Å². The summed E-state index contributed by atoms with van der Waals surface area (Å²) in [5.41, 5.74) is 3.13. The lowest BCUT2D eigenvalue weighted by molar-refractivity contribution is -0.384. The number of nitro benzene ring substituents is 1. The van der Waals surface area contributed by atoms with Crippen LogP contribution < -0.4 is 4.90 Å². The maximum absolute atomic E-state index is 12.9. The van der Waals surface area contributed by atoms with Crippen molar-refractivity contribution in [2.45, 2.75) is 19.8 Å². The monoisotopic (exact) mass is 466 g/mol. The minimum Gasteiger partial charge on any atom is -0.369 e. The van der Waals surface area contributed by atoms with E-state index in [1.165, 1.54) is 22.6 Å². The quantitative estimate of drug-likeness (QED) is 0.351. The second-order valence-corrected chi connectivity index (χ2v) is 9.44. The third-order valence-corrected chi connectivity index (χ3v) is 6.82. The lowest BCUT2D eigenvalue weighted by atomic mass is 10.0. The average Bonchev–Trinajstić information content (AvgIpc) is 3.07. The molecule has 0 saturated carbocycles. The van der Waals surface area contributed by atoms with Crippen LogP contribution in [0.1, 0.15) is 30.9 Å². The van der Waals surface area contributed by atoms with E-state index in [1.807, 2.05) is 24.3 Å². The first-order valence-corrected chi connectivity index (χ1v) is 11.7. The van der Waals surface area contributed by atoms with Crippen LogP contribution in [0.15, 0.2) is 53.4 Å². The average molecular weight is 467 g/mol. The molecule has 2 amide bonds. The normalized spacial score (nSPS) is 18.6. The number of thioether (sulfide) groups is 1. The van der Waals surface area contributed by atoms with Crippen LogP contribution in [0.4, 0.5) is 16.2 Å². The molecule has 0 aromatic heterocycles. The minimum atomic E-state index is -0.410. The predicted molar refractivity (Wildman–Crippen MR) is 130 cm³/mol. The Balaban J connectivity index is 1.34. The Morgan fingerprint density at radius 3 is 2.21 bits per heavy atom. The van der Waals surface area contributed by atoms with Crippen LogP contribution >= 0.6 is 11.8 Å². The number of nitrogens with zero attached hydrogens (tertiary/aromatic N) is 4. The summed E-state index contributed by atoms with van der Waals surface area (Å²) in [6, 6.07) is 14.6. The Hall–Kier alpha value is -3.17. The Labute approximate surface area is 197 Å². The number of non-ortho nitro benzene ring substituents is 1. The van der Waals surface area contributed by atoms with Crippen molar-refractivity contribution >= 4 is 40.4 Å². The first kappa shape index (κ1) is 23.0. The highest BCUT2D eigenvalue weighted by molar-refractivity contribution is 8.18. The molecule has 2 aliphatic heterocycles. The van der Waals surface area contributed by atoms with Gasteiger partial charge in [0.2, 0.25) is 0 Å². The number of hydrogen-bond acceptors (Lipinski definition) is 7. The SMILES string of the molecule is CC(C)c1ccc(C=C2SC(=O)N(CN3CCN(c4ccc([N+](=O)[O-])cc4)CC3)C2=O)cc1. The molecule has 172 valence electrons. The van der Waals surface area contributed by atoms with Gasteiger partial charge in [-0.25, -0.2) is 0 Å². The van der Waals surface area contributed by atoms with Crippen LogP contribution in [0.2, 0.25) is 0 Å². The largest absolute Gasteiger partial charge is 0.369 e. The molecule has 2 saturated heterocycles. The van der Waals surface area contributed by atoms with Crippen molar-refractivity contribution in [1.29, 1.82) is 0 Å². The van der Waals surface area contributed by atoms with Crippen molar-refractivity contribution in [2.75, 3.05) is 37.7 Å². The van der Waals surface area contributed by atoms with Crippen LogP contribution in [0.3, 0.4) is 0 Å². The molecule has 4 rings (SSSR count). The van der Waals surface area contributed by atoms with Crippen LogP contribution in [0.5, 0.6) is 0 Å². The van der Waals surface area contributed by atoms with E-state index < -0.39 is 4.92 Å². The van der Waals surface area contributed by atoms with Gasteiger partial charge in [-0.2, -0.15) is 0 Å². The molecule has 2 aromatic carbocycles. The lowest BCUT2D eigenvalue weighted by Crippen LogP contribution is -2.50. The van der Waals surface area contributed by atoms with E-state index >= 15 is 0 Å². The second-order valence-electron chi connectivity index (χ2n) is 8.45. The van der Waals surface area contributed by atoms with Gasteiger partial charge < -0.3 is 4.90 Å². The summed E-state index contributed by atoms with van der Waals surface area (Å²) in [5, 5.41) is 10.6. The standard InChI is InChI=1S/C24H26N4O4S/c1-17(2)19-5-3-18(4-6-19)15-22-23(29)27(24(30)33-22)16-25-11-13-26(14-12-25)20-7-9-21(10-8-20)28(31)32/h3-10,15,17H,11-14,16H2,1-2H3. The Morgan fingerprint density at radius 2 is 1.64 bits per heavy atom. The van der Waals surface area contributed by atoms with Gasteiger partial charge in [-0.3, -0.25) is 29.5 Å². The van der Waals surface area contributed by atoms with Gasteiger partial charge in [0, 0.05) is 44.0 Å². The van der Waals surface area contributed by atoms with Crippen molar-refractivity contribution in [2.24, 2.45) is 0 Å². The van der Waals surface area contributed by atoms with Gasteiger partial charge in [0.15, 0.2) is 0 Å². The molecule has 0 atom stereocenters. The third-order valence-electron chi connectivity index (χ3n) is 5.91. The van der Waals surface area contributed by atoms with Crippen LogP contribution in [0.25, 0.3) is 6.08 Å². The Bertz CT molecular complexity index is 1070. The summed E-state index contributed by atoms with van der Waals surface area (Å²) in [7, 11) is 0. The molecule has 2 fully saturated rings. The fraction of sp³-hybridized carbons (Fsp3) is 0.333. The zero-order valence-corrected chi connectivity index (χ0v) is 19.5. The maximum atomic E-state index is 12.9. The van der Waals surface area contributed by atoms with E-state index in [-0.39, 0.29) is 23.5 Å². The molecule has 2 aliphatic rings. The Kier molecular flexibility index (Phi) is 6.80. The number of anilines is 1. The first-order chi connectivity index (χ1) is 15.8. The number of rotatable bonds is 6. The molecule has 2 aromatic rings. The van der Waals surface area contributed by atoms with Crippen molar-refractivity contribution < 1.29 is 14.5 Å². The molecule has 0 aliphatic carbocycles. The molecule has 0 spiro atoms. The van der Waals surface area contributed by atoms with Gasteiger partial charge >= 0.3 is 0 Å². The number of imide groups is 1. The molecule has 0 bridgehead atoms. The van der Waals surface area contributed by atoms with Crippen molar-refractivity contribution in [1.82, 2.24) is 9.80 Å². The first-order valence-electron chi connectivity index (χ1n) is 10.9. The van der Waals surface area contributed by atoms with Crippen molar-refractivity contribution in [3.05, 3.63) is 74.7 Å². The fourth-order valence-electron chi connectivity index (χ4n) is 3.88. The van der Waals surface area contributed by atoms with E-state index in [2.05, 4.69) is 23.6 Å². The van der Waals surface area contributed by atoms with Crippen LogP contribution in [-0.2, 0) is 4.79 Å². The lowest BCUT2D eigenvalue weighted by Gasteiger charge is -2.37. The summed E-state index contributed by atoms with van der Waals surface area (Å²) in [5.74, 6) is 0.183. The molecule has 2 heterocycles. The molecular formula is C24H26N4O4S. The number of benzene rings is 2. The topological polar surface area (TPSA) is 87.0 Å². The number of amides is 2. The maximum Gasteiger partial charge on any atom is 0.294 e. The number of piperazine rings is 1. The smallest absolute Gasteiger partial charge is 0.294 e. The highest BCUT2D eigenvalue weighted by atomic mass is 32.2. The van der Waals surface area contributed by atoms with Crippen LogP contribution in [0, 0.1) is 10.1 Å². The second kappa shape index (κ2) is 9.76. The van der Waals surface area contributed by atoms with Gasteiger partial charge in [-0.05, 0) is 47.0 Å². The highest BCUT2D eigenvalue weighted by Gasteiger charge is 2.36.